The summed E-state index contributed by atoms with van der Waals surface area (Å²) in [6.45, 7) is 2.00. The minimum absolute atomic E-state index is 0.481. The molecule has 94 valence electrons. The van der Waals surface area contributed by atoms with Gasteiger partial charge in [0, 0.05) is 18.8 Å². The van der Waals surface area contributed by atoms with Gasteiger partial charge in [-0.25, -0.2) is 9.97 Å². The molecule has 0 radical (unpaired) electrons. The molecule has 1 aromatic heterocycles. The minimum Gasteiger partial charge on any atom is -0.399 e. The van der Waals surface area contributed by atoms with Gasteiger partial charge in [-0.2, -0.15) is 0 Å². The van der Waals surface area contributed by atoms with Crippen LogP contribution in [0, 0.1) is 0 Å². The first-order valence-corrected chi connectivity index (χ1v) is 6.59. The zero-order chi connectivity index (χ0) is 12.5. The zero-order valence-corrected chi connectivity index (χ0v) is 10.8. The quantitative estimate of drug-likeness (QED) is 0.803. The molecule has 0 bridgehead atoms. The van der Waals surface area contributed by atoms with Crippen LogP contribution in [0.15, 0.2) is 18.2 Å². The number of nitrogen functional groups attached to an aromatic ring is 1. The molecular formula is C13H15ClN4. The second-order valence-electron chi connectivity index (χ2n) is 4.63. The first kappa shape index (κ1) is 11.5. The summed E-state index contributed by atoms with van der Waals surface area (Å²) < 4.78 is 0. The molecule has 3 rings (SSSR count). The van der Waals surface area contributed by atoms with E-state index in [1.807, 2.05) is 18.2 Å². The maximum atomic E-state index is 6.23. The molecule has 0 aliphatic carbocycles. The lowest BCUT2D eigenvalue weighted by Gasteiger charge is -2.28. The van der Waals surface area contributed by atoms with Gasteiger partial charge in [-0.1, -0.05) is 11.6 Å². The van der Waals surface area contributed by atoms with E-state index in [9.17, 15) is 0 Å². The smallest absolute Gasteiger partial charge is 0.172 e. The van der Waals surface area contributed by atoms with Crippen molar-refractivity contribution in [2.45, 2.75) is 19.3 Å². The molecule has 1 aliphatic heterocycles. The van der Waals surface area contributed by atoms with E-state index < -0.39 is 0 Å². The Hall–Kier alpha value is -1.55. The van der Waals surface area contributed by atoms with Crippen molar-refractivity contribution in [3.63, 3.8) is 0 Å². The number of nitrogens with zero attached hydrogens (tertiary/aromatic N) is 3. The Balaban J connectivity index is 2.07. The van der Waals surface area contributed by atoms with Crippen molar-refractivity contribution in [2.75, 3.05) is 23.7 Å². The maximum absolute atomic E-state index is 6.23. The average Bonchev–Trinajstić information content (AvgIpc) is 2.39. The Bertz CT molecular complexity index is 578. The SMILES string of the molecule is Nc1ccc2nc(Cl)c(N3CCCCC3)nc2c1. The number of benzene rings is 1. The molecule has 5 heteroatoms. The lowest BCUT2D eigenvalue weighted by Crippen LogP contribution is -2.30. The molecule has 1 saturated heterocycles. The van der Waals surface area contributed by atoms with Gasteiger partial charge in [0.25, 0.3) is 0 Å². The molecule has 2 aromatic rings. The van der Waals surface area contributed by atoms with E-state index in [1.165, 1.54) is 19.3 Å². The molecule has 0 saturated carbocycles. The lowest BCUT2D eigenvalue weighted by atomic mass is 10.1. The summed E-state index contributed by atoms with van der Waals surface area (Å²) in [4.78, 5) is 11.2. The van der Waals surface area contributed by atoms with Gasteiger partial charge in [-0.3, -0.25) is 0 Å². The van der Waals surface area contributed by atoms with Gasteiger partial charge in [0.05, 0.1) is 11.0 Å². The molecule has 1 aromatic carbocycles. The maximum Gasteiger partial charge on any atom is 0.172 e. The molecule has 2 heterocycles. The highest BCUT2D eigenvalue weighted by atomic mass is 35.5. The van der Waals surface area contributed by atoms with Crippen molar-refractivity contribution < 1.29 is 0 Å². The first-order valence-electron chi connectivity index (χ1n) is 6.22. The second-order valence-corrected chi connectivity index (χ2v) is 4.99. The van der Waals surface area contributed by atoms with Crippen LogP contribution in [-0.4, -0.2) is 23.1 Å². The van der Waals surface area contributed by atoms with Crippen LogP contribution in [0.2, 0.25) is 5.15 Å². The van der Waals surface area contributed by atoms with E-state index in [0.717, 1.165) is 29.9 Å². The Kier molecular flexibility index (Phi) is 2.96. The first-order chi connectivity index (χ1) is 8.74. The second kappa shape index (κ2) is 4.61. The molecule has 4 nitrogen and oxygen atoms in total. The summed E-state index contributed by atoms with van der Waals surface area (Å²) in [5.41, 5.74) is 8.07. The minimum atomic E-state index is 0.481. The predicted octanol–water partition coefficient (Wildman–Crippen LogP) is 2.86. The van der Waals surface area contributed by atoms with Gasteiger partial charge in [-0.05, 0) is 37.5 Å². The van der Waals surface area contributed by atoms with Crippen LogP contribution in [-0.2, 0) is 0 Å². The molecule has 18 heavy (non-hydrogen) atoms. The third-order valence-corrected chi connectivity index (χ3v) is 3.54. The van der Waals surface area contributed by atoms with Gasteiger partial charge in [0.15, 0.2) is 11.0 Å². The zero-order valence-electron chi connectivity index (χ0n) is 10.1. The van der Waals surface area contributed by atoms with Crippen molar-refractivity contribution in [1.82, 2.24) is 9.97 Å². The number of fused-ring (bicyclic) bond motifs is 1. The molecule has 2 N–H and O–H groups in total. The van der Waals surface area contributed by atoms with Gasteiger partial charge in [0.1, 0.15) is 0 Å². The van der Waals surface area contributed by atoms with E-state index in [4.69, 9.17) is 17.3 Å². The van der Waals surface area contributed by atoms with E-state index in [-0.39, 0.29) is 0 Å². The summed E-state index contributed by atoms with van der Waals surface area (Å²) in [5.74, 6) is 0.787. The van der Waals surface area contributed by atoms with Crippen LogP contribution in [0.25, 0.3) is 11.0 Å². The third kappa shape index (κ3) is 2.08. The fraction of sp³-hybridized carbons (Fsp3) is 0.385. The van der Waals surface area contributed by atoms with Crippen LogP contribution in [0.3, 0.4) is 0 Å². The third-order valence-electron chi connectivity index (χ3n) is 3.28. The summed E-state index contributed by atoms with van der Waals surface area (Å²) >= 11 is 6.23. The van der Waals surface area contributed by atoms with Crippen LogP contribution >= 0.6 is 11.6 Å². The van der Waals surface area contributed by atoms with Crippen LogP contribution in [0.5, 0.6) is 0 Å². The van der Waals surface area contributed by atoms with Gasteiger partial charge >= 0.3 is 0 Å². The highest BCUT2D eigenvalue weighted by Gasteiger charge is 2.17. The van der Waals surface area contributed by atoms with Crippen molar-refractivity contribution in [1.29, 1.82) is 0 Å². The van der Waals surface area contributed by atoms with Crippen LogP contribution in [0.4, 0.5) is 11.5 Å². The van der Waals surface area contributed by atoms with E-state index in [0.29, 0.717) is 10.8 Å². The number of halogens is 1. The standard InChI is InChI=1S/C13H15ClN4/c14-12-13(18-6-2-1-3-7-18)17-11-8-9(15)4-5-10(11)16-12/h4-5,8H,1-3,6-7,15H2. The average molecular weight is 263 g/mol. The number of hydrogen-bond donors (Lipinski definition) is 1. The fourth-order valence-corrected chi connectivity index (χ4v) is 2.60. The number of piperidine rings is 1. The Labute approximate surface area is 111 Å². The predicted molar refractivity (Wildman–Crippen MR) is 75.0 cm³/mol. The summed E-state index contributed by atoms with van der Waals surface area (Å²) in [7, 11) is 0. The highest BCUT2D eigenvalue weighted by Crippen LogP contribution is 2.27. The number of nitrogens with two attached hydrogens (primary N) is 1. The number of hydrogen-bond acceptors (Lipinski definition) is 4. The Morgan fingerprint density at radius 1 is 1.06 bits per heavy atom. The molecule has 0 unspecified atom stereocenters. The molecule has 0 amide bonds. The monoisotopic (exact) mass is 262 g/mol. The van der Waals surface area contributed by atoms with Crippen LogP contribution < -0.4 is 10.6 Å². The number of aromatic nitrogens is 2. The summed E-state index contributed by atoms with van der Waals surface area (Å²) in [6.07, 6.45) is 3.65. The number of rotatable bonds is 1. The van der Waals surface area contributed by atoms with Crippen molar-refractivity contribution in [3.05, 3.63) is 23.4 Å². The normalized spacial score (nSPS) is 16.2. The van der Waals surface area contributed by atoms with E-state index >= 15 is 0 Å². The Morgan fingerprint density at radius 2 is 1.83 bits per heavy atom. The van der Waals surface area contributed by atoms with Crippen molar-refractivity contribution >= 4 is 34.1 Å². The molecule has 0 spiro atoms. The molecule has 1 aliphatic rings. The highest BCUT2D eigenvalue weighted by molar-refractivity contribution is 6.32. The number of anilines is 2. The van der Waals surface area contributed by atoms with E-state index in [1.54, 1.807) is 0 Å². The lowest BCUT2D eigenvalue weighted by molar-refractivity contribution is 0.573. The largest absolute Gasteiger partial charge is 0.399 e. The molecule has 1 fully saturated rings. The van der Waals surface area contributed by atoms with E-state index in [2.05, 4.69) is 14.9 Å². The van der Waals surface area contributed by atoms with Gasteiger partial charge < -0.3 is 10.6 Å². The molecular weight excluding hydrogens is 248 g/mol. The summed E-state index contributed by atoms with van der Waals surface area (Å²) in [6, 6.07) is 5.50. The topological polar surface area (TPSA) is 55.0 Å². The van der Waals surface area contributed by atoms with Crippen LogP contribution in [0.1, 0.15) is 19.3 Å². The summed E-state index contributed by atoms with van der Waals surface area (Å²) in [5, 5.41) is 0.481. The Morgan fingerprint density at radius 3 is 2.61 bits per heavy atom. The van der Waals surface area contributed by atoms with Gasteiger partial charge in [0.2, 0.25) is 0 Å². The van der Waals surface area contributed by atoms with Crippen molar-refractivity contribution in [3.8, 4) is 0 Å². The van der Waals surface area contributed by atoms with Gasteiger partial charge in [-0.15, -0.1) is 0 Å². The fourth-order valence-electron chi connectivity index (χ4n) is 2.35. The molecule has 0 atom stereocenters. The van der Waals surface area contributed by atoms with Crippen molar-refractivity contribution in [2.24, 2.45) is 0 Å².